The second-order valence-electron chi connectivity index (χ2n) is 6.31. The number of hydrogen-bond donors (Lipinski definition) is 3. The number of nitrogens with one attached hydrogen (secondary N) is 3. The summed E-state index contributed by atoms with van der Waals surface area (Å²) in [7, 11) is 1.70. The number of carbonyl (C=O) groups excluding carboxylic acids is 1. The predicted octanol–water partition coefficient (Wildman–Crippen LogP) is 1.70. The van der Waals surface area contributed by atoms with Gasteiger partial charge in [-0.15, -0.1) is 0 Å². The molecule has 0 spiro atoms. The maximum Gasteiger partial charge on any atom is 0.225 e. The average Bonchev–Trinajstić information content (AvgIpc) is 2.50. The van der Waals surface area contributed by atoms with E-state index in [1.54, 1.807) is 19.2 Å². The van der Waals surface area contributed by atoms with Gasteiger partial charge in [-0.05, 0) is 24.1 Å². The summed E-state index contributed by atoms with van der Waals surface area (Å²) >= 11 is 0. The van der Waals surface area contributed by atoms with Crippen molar-refractivity contribution in [1.82, 2.24) is 16.0 Å². The minimum absolute atomic E-state index is 0.0264. The Morgan fingerprint density at radius 3 is 2.17 bits per heavy atom. The van der Waals surface area contributed by atoms with E-state index in [0.29, 0.717) is 25.6 Å². The summed E-state index contributed by atoms with van der Waals surface area (Å²) in [5.74, 6) is 0.479. The normalized spacial score (nSPS) is 12.0. The van der Waals surface area contributed by atoms with Crippen molar-refractivity contribution in [3.63, 3.8) is 0 Å². The monoisotopic (exact) mass is 322 g/mol. The topological polar surface area (TPSA) is 65.5 Å². The molecule has 0 unspecified atom stereocenters. The molecule has 0 bridgehead atoms. The van der Waals surface area contributed by atoms with Crippen LogP contribution in [0.3, 0.4) is 0 Å². The van der Waals surface area contributed by atoms with E-state index in [9.17, 15) is 9.18 Å². The molecule has 128 valence electrons. The minimum atomic E-state index is -0.380. The summed E-state index contributed by atoms with van der Waals surface area (Å²) in [6.07, 6.45) is 0.780. The Hall–Kier alpha value is -2.11. The summed E-state index contributed by atoms with van der Waals surface area (Å²) in [5, 5.41) is 9.19. The SMILES string of the molecule is CN=C(NCCNC(=O)C(C)(C)C)NCCc1ccc(F)cc1. The lowest BCUT2D eigenvalue weighted by Gasteiger charge is -2.18. The molecule has 1 rings (SSSR count). The van der Waals surface area contributed by atoms with Crippen molar-refractivity contribution in [2.75, 3.05) is 26.7 Å². The smallest absolute Gasteiger partial charge is 0.225 e. The molecule has 0 saturated heterocycles. The van der Waals surface area contributed by atoms with Gasteiger partial charge in [0.25, 0.3) is 0 Å². The minimum Gasteiger partial charge on any atom is -0.356 e. The fourth-order valence-corrected chi connectivity index (χ4v) is 1.82. The second-order valence-corrected chi connectivity index (χ2v) is 6.31. The van der Waals surface area contributed by atoms with E-state index in [4.69, 9.17) is 0 Å². The summed E-state index contributed by atoms with van der Waals surface area (Å²) < 4.78 is 12.8. The molecule has 6 heteroatoms. The highest BCUT2D eigenvalue weighted by atomic mass is 19.1. The predicted molar refractivity (Wildman–Crippen MR) is 91.9 cm³/mol. The number of rotatable bonds is 6. The van der Waals surface area contributed by atoms with Gasteiger partial charge in [0.15, 0.2) is 5.96 Å². The average molecular weight is 322 g/mol. The maximum absolute atomic E-state index is 12.8. The molecule has 0 radical (unpaired) electrons. The number of benzene rings is 1. The van der Waals surface area contributed by atoms with Crippen LogP contribution in [-0.2, 0) is 11.2 Å². The van der Waals surface area contributed by atoms with Crippen molar-refractivity contribution in [3.05, 3.63) is 35.6 Å². The zero-order valence-corrected chi connectivity index (χ0v) is 14.4. The molecular weight excluding hydrogens is 295 g/mol. The van der Waals surface area contributed by atoms with E-state index in [1.807, 2.05) is 20.8 Å². The number of hydrogen-bond acceptors (Lipinski definition) is 2. The highest BCUT2D eigenvalue weighted by Gasteiger charge is 2.20. The summed E-state index contributed by atoms with van der Waals surface area (Å²) in [4.78, 5) is 15.8. The summed E-state index contributed by atoms with van der Waals surface area (Å²) in [5.41, 5.74) is 0.682. The van der Waals surface area contributed by atoms with Gasteiger partial charge in [0, 0.05) is 32.1 Å². The molecule has 1 aromatic carbocycles. The third kappa shape index (κ3) is 7.63. The van der Waals surface area contributed by atoms with Crippen molar-refractivity contribution in [3.8, 4) is 0 Å². The highest BCUT2D eigenvalue weighted by Crippen LogP contribution is 2.11. The highest BCUT2D eigenvalue weighted by molar-refractivity contribution is 5.81. The van der Waals surface area contributed by atoms with Crippen LogP contribution >= 0.6 is 0 Å². The first kappa shape index (κ1) is 18.9. The third-order valence-electron chi connectivity index (χ3n) is 3.23. The largest absolute Gasteiger partial charge is 0.356 e. The zero-order chi connectivity index (χ0) is 17.3. The van der Waals surface area contributed by atoms with Gasteiger partial charge in [-0.25, -0.2) is 4.39 Å². The lowest BCUT2D eigenvalue weighted by molar-refractivity contribution is -0.128. The Kier molecular flexibility index (Phi) is 7.51. The maximum atomic E-state index is 12.8. The van der Waals surface area contributed by atoms with E-state index in [1.165, 1.54) is 12.1 Å². The molecule has 1 aromatic rings. The van der Waals surface area contributed by atoms with Gasteiger partial charge >= 0.3 is 0 Å². The van der Waals surface area contributed by atoms with E-state index >= 15 is 0 Å². The van der Waals surface area contributed by atoms with Gasteiger partial charge in [0.05, 0.1) is 0 Å². The van der Waals surface area contributed by atoms with Crippen LogP contribution in [0.25, 0.3) is 0 Å². The molecule has 0 atom stereocenters. The summed E-state index contributed by atoms with van der Waals surface area (Å²) in [6.45, 7) is 7.47. The number of carbonyl (C=O) groups is 1. The molecule has 0 aliphatic heterocycles. The third-order valence-corrected chi connectivity index (χ3v) is 3.23. The molecule has 23 heavy (non-hydrogen) atoms. The fraction of sp³-hybridized carbons (Fsp3) is 0.529. The van der Waals surface area contributed by atoms with Crippen molar-refractivity contribution >= 4 is 11.9 Å². The Bertz CT molecular complexity index is 520. The lowest BCUT2D eigenvalue weighted by Crippen LogP contribution is -2.43. The van der Waals surface area contributed by atoms with Gasteiger partial charge in [-0.1, -0.05) is 32.9 Å². The molecule has 5 nitrogen and oxygen atoms in total. The van der Waals surface area contributed by atoms with Crippen molar-refractivity contribution < 1.29 is 9.18 Å². The fourth-order valence-electron chi connectivity index (χ4n) is 1.82. The number of guanidine groups is 1. The van der Waals surface area contributed by atoms with Crippen molar-refractivity contribution in [2.45, 2.75) is 27.2 Å². The van der Waals surface area contributed by atoms with Crippen LogP contribution in [0.4, 0.5) is 4.39 Å². The van der Waals surface area contributed by atoms with Gasteiger partial charge in [0.1, 0.15) is 5.82 Å². The molecular formula is C17H27FN4O. The van der Waals surface area contributed by atoms with E-state index in [-0.39, 0.29) is 17.1 Å². The van der Waals surface area contributed by atoms with E-state index < -0.39 is 0 Å². The van der Waals surface area contributed by atoms with Crippen LogP contribution in [0.5, 0.6) is 0 Å². The van der Waals surface area contributed by atoms with Crippen LogP contribution in [0.2, 0.25) is 0 Å². The van der Waals surface area contributed by atoms with E-state index in [2.05, 4.69) is 20.9 Å². The Morgan fingerprint density at radius 1 is 1.04 bits per heavy atom. The molecule has 0 saturated carbocycles. The van der Waals surface area contributed by atoms with Crippen LogP contribution in [0.15, 0.2) is 29.3 Å². The van der Waals surface area contributed by atoms with Crippen LogP contribution in [0, 0.1) is 11.2 Å². The van der Waals surface area contributed by atoms with Gasteiger partial charge < -0.3 is 16.0 Å². The first-order valence-electron chi connectivity index (χ1n) is 7.80. The Morgan fingerprint density at radius 2 is 1.61 bits per heavy atom. The first-order chi connectivity index (χ1) is 10.8. The summed E-state index contributed by atoms with van der Waals surface area (Å²) in [6, 6.07) is 6.46. The molecule has 3 N–H and O–H groups in total. The first-order valence-corrected chi connectivity index (χ1v) is 7.80. The van der Waals surface area contributed by atoms with Gasteiger partial charge in [0.2, 0.25) is 5.91 Å². The Balaban J connectivity index is 2.22. The van der Waals surface area contributed by atoms with Gasteiger partial charge in [-0.3, -0.25) is 9.79 Å². The van der Waals surface area contributed by atoms with Crippen LogP contribution < -0.4 is 16.0 Å². The second kappa shape index (κ2) is 9.12. The number of aliphatic imine (C=N–C) groups is 1. The molecule has 1 amide bonds. The van der Waals surface area contributed by atoms with Crippen LogP contribution in [-0.4, -0.2) is 38.5 Å². The van der Waals surface area contributed by atoms with Crippen molar-refractivity contribution in [2.24, 2.45) is 10.4 Å². The Labute approximate surface area is 137 Å². The van der Waals surface area contributed by atoms with Gasteiger partial charge in [-0.2, -0.15) is 0 Å². The molecule has 0 aliphatic rings. The molecule has 0 aromatic heterocycles. The quantitative estimate of drug-likeness (QED) is 0.424. The number of nitrogens with zero attached hydrogens (tertiary/aromatic N) is 1. The molecule has 0 fully saturated rings. The van der Waals surface area contributed by atoms with Crippen molar-refractivity contribution in [1.29, 1.82) is 0 Å². The lowest BCUT2D eigenvalue weighted by atomic mass is 9.96. The van der Waals surface area contributed by atoms with E-state index in [0.717, 1.165) is 12.0 Å². The number of amides is 1. The zero-order valence-electron chi connectivity index (χ0n) is 14.4. The van der Waals surface area contributed by atoms with Crippen LogP contribution in [0.1, 0.15) is 26.3 Å². The standard InChI is InChI=1S/C17H27FN4O/c1-17(2,3)15(23)20-11-12-22-16(19-4)21-10-9-13-5-7-14(18)8-6-13/h5-8H,9-12H2,1-4H3,(H,20,23)(H2,19,21,22). The molecule has 0 heterocycles. The molecule has 0 aliphatic carbocycles. The number of halogens is 1.